The average Bonchev–Trinajstić information content (AvgIpc) is 2.31. The molecule has 0 bridgehead atoms. The van der Waals surface area contributed by atoms with Crippen LogP contribution < -0.4 is 5.43 Å². The van der Waals surface area contributed by atoms with Crippen molar-refractivity contribution in [2.75, 3.05) is 13.1 Å². The Bertz CT molecular complexity index is 356. The maximum Gasteiger partial charge on any atom is 0.265 e. The van der Waals surface area contributed by atoms with E-state index in [4.69, 9.17) is 5.11 Å². The number of carbonyl (C=O) groups excluding carboxylic acids is 1. The normalized spacial score (nSPS) is 17.0. The molecule has 1 heterocycles. The van der Waals surface area contributed by atoms with Crippen molar-refractivity contribution in [2.24, 2.45) is 0 Å². The molecule has 1 amide bonds. The third kappa shape index (κ3) is 2.73. The lowest BCUT2D eigenvalue weighted by atomic mass is 10.1. The molecule has 0 spiro atoms. The summed E-state index contributed by atoms with van der Waals surface area (Å²) >= 11 is 0. The Kier molecular flexibility index (Phi) is 3.41. The Labute approximate surface area is 94.9 Å². The topological polar surface area (TPSA) is 52.6 Å². The quantitative estimate of drug-likeness (QED) is 0.794. The second kappa shape index (κ2) is 4.99. The van der Waals surface area contributed by atoms with E-state index in [1.54, 1.807) is 12.1 Å². The minimum absolute atomic E-state index is 0.109. The molecular weight excluding hydrogens is 204 g/mol. The molecule has 1 aromatic rings. The first-order chi connectivity index (χ1) is 7.75. The highest BCUT2D eigenvalue weighted by Crippen LogP contribution is 2.10. The van der Waals surface area contributed by atoms with Crippen LogP contribution in [0, 0.1) is 0 Å². The molecule has 1 aliphatic heterocycles. The highest BCUT2D eigenvalue weighted by Gasteiger charge is 2.13. The van der Waals surface area contributed by atoms with Crippen LogP contribution in [0.1, 0.15) is 29.6 Å². The van der Waals surface area contributed by atoms with Gasteiger partial charge in [-0.2, -0.15) is 0 Å². The van der Waals surface area contributed by atoms with Gasteiger partial charge in [0.2, 0.25) is 0 Å². The predicted molar refractivity (Wildman–Crippen MR) is 61.0 cm³/mol. The minimum Gasteiger partial charge on any atom is -0.508 e. The molecule has 4 nitrogen and oxygen atoms in total. The molecule has 16 heavy (non-hydrogen) atoms. The molecule has 1 aromatic carbocycles. The Hall–Kier alpha value is -1.55. The van der Waals surface area contributed by atoms with Crippen LogP contribution in [-0.4, -0.2) is 29.1 Å². The van der Waals surface area contributed by atoms with Gasteiger partial charge in [-0.15, -0.1) is 0 Å². The summed E-state index contributed by atoms with van der Waals surface area (Å²) in [6, 6.07) is 6.28. The number of phenols is 1. The fraction of sp³-hybridized carbons (Fsp3) is 0.417. The van der Waals surface area contributed by atoms with Crippen molar-refractivity contribution < 1.29 is 9.90 Å². The van der Waals surface area contributed by atoms with E-state index in [0.717, 1.165) is 25.9 Å². The SMILES string of the molecule is O=C(NN1CCCCC1)c1ccc(O)cc1. The third-order valence-electron chi connectivity index (χ3n) is 2.75. The van der Waals surface area contributed by atoms with Gasteiger partial charge in [0.1, 0.15) is 5.75 Å². The minimum atomic E-state index is -0.109. The van der Waals surface area contributed by atoms with Gasteiger partial charge in [0.05, 0.1) is 0 Å². The zero-order valence-electron chi connectivity index (χ0n) is 9.15. The molecule has 1 fully saturated rings. The van der Waals surface area contributed by atoms with Crippen LogP contribution in [0.25, 0.3) is 0 Å². The monoisotopic (exact) mass is 220 g/mol. The summed E-state index contributed by atoms with van der Waals surface area (Å²) in [6.45, 7) is 1.84. The smallest absolute Gasteiger partial charge is 0.265 e. The van der Waals surface area contributed by atoms with Gasteiger partial charge in [0, 0.05) is 18.7 Å². The van der Waals surface area contributed by atoms with Gasteiger partial charge in [-0.05, 0) is 37.1 Å². The molecule has 1 saturated heterocycles. The third-order valence-corrected chi connectivity index (χ3v) is 2.75. The van der Waals surface area contributed by atoms with E-state index in [0.29, 0.717) is 5.56 Å². The van der Waals surface area contributed by atoms with Crippen LogP contribution in [0.4, 0.5) is 0 Å². The first kappa shape index (κ1) is 11.0. The molecule has 1 aliphatic rings. The summed E-state index contributed by atoms with van der Waals surface area (Å²) in [6.07, 6.45) is 3.51. The van der Waals surface area contributed by atoms with Gasteiger partial charge in [0.25, 0.3) is 5.91 Å². The zero-order valence-corrected chi connectivity index (χ0v) is 9.15. The Morgan fingerprint density at radius 3 is 2.38 bits per heavy atom. The molecule has 86 valence electrons. The number of hydrazine groups is 1. The maximum atomic E-state index is 11.8. The number of carbonyl (C=O) groups is 1. The van der Waals surface area contributed by atoms with Crippen molar-refractivity contribution in [3.8, 4) is 5.75 Å². The second-order valence-corrected chi connectivity index (χ2v) is 4.04. The highest BCUT2D eigenvalue weighted by molar-refractivity contribution is 5.93. The van der Waals surface area contributed by atoms with Crippen LogP contribution in [0.5, 0.6) is 5.75 Å². The number of nitrogens with zero attached hydrogens (tertiary/aromatic N) is 1. The van der Waals surface area contributed by atoms with E-state index in [2.05, 4.69) is 5.43 Å². The van der Waals surface area contributed by atoms with Crippen molar-refractivity contribution in [1.82, 2.24) is 10.4 Å². The number of piperidine rings is 1. The van der Waals surface area contributed by atoms with E-state index in [-0.39, 0.29) is 11.7 Å². The van der Waals surface area contributed by atoms with Gasteiger partial charge < -0.3 is 5.11 Å². The standard InChI is InChI=1S/C12H16N2O2/c15-11-6-4-10(5-7-11)12(16)13-14-8-2-1-3-9-14/h4-7,15H,1-3,8-9H2,(H,13,16). The van der Waals surface area contributed by atoms with Gasteiger partial charge in [0.15, 0.2) is 0 Å². The second-order valence-electron chi connectivity index (χ2n) is 4.04. The van der Waals surface area contributed by atoms with Crippen LogP contribution in [0.3, 0.4) is 0 Å². The molecule has 0 saturated carbocycles. The molecule has 0 aliphatic carbocycles. The highest BCUT2D eigenvalue weighted by atomic mass is 16.3. The lowest BCUT2D eigenvalue weighted by Gasteiger charge is -2.26. The Morgan fingerprint density at radius 1 is 1.12 bits per heavy atom. The van der Waals surface area contributed by atoms with E-state index in [1.165, 1.54) is 18.6 Å². The number of hydrogen-bond acceptors (Lipinski definition) is 3. The summed E-state index contributed by atoms with van der Waals surface area (Å²) < 4.78 is 0. The van der Waals surface area contributed by atoms with Crippen LogP contribution >= 0.6 is 0 Å². The summed E-state index contributed by atoms with van der Waals surface area (Å²) in [5.41, 5.74) is 3.44. The molecule has 0 radical (unpaired) electrons. The van der Waals surface area contributed by atoms with Gasteiger partial charge in [-0.1, -0.05) is 6.42 Å². The number of aromatic hydroxyl groups is 1. The fourth-order valence-electron chi connectivity index (χ4n) is 1.83. The zero-order chi connectivity index (χ0) is 11.4. The van der Waals surface area contributed by atoms with Crippen molar-refractivity contribution in [2.45, 2.75) is 19.3 Å². The lowest BCUT2D eigenvalue weighted by Crippen LogP contribution is -2.44. The average molecular weight is 220 g/mol. The number of hydrogen-bond donors (Lipinski definition) is 2. The number of amides is 1. The summed E-state index contributed by atoms with van der Waals surface area (Å²) in [4.78, 5) is 11.8. The largest absolute Gasteiger partial charge is 0.508 e. The van der Waals surface area contributed by atoms with Crippen LogP contribution in [-0.2, 0) is 0 Å². The lowest BCUT2D eigenvalue weighted by molar-refractivity contribution is 0.0750. The van der Waals surface area contributed by atoms with E-state index in [1.807, 2.05) is 5.01 Å². The number of nitrogens with one attached hydrogen (secondary N) is 1. The van der Waals surface area contributed by atoms with E-state index in [9.17, 15) is 4.79 Å². The van der Waals surface area contributed by atoms with E-state index < -0.39 is 0 Å². The predicted octanol–water partition coefficient (Wildman–Crippen LogP) is 1.52. The molecule has 2 N–H and O–H groups in total. The van der Waals surface area contributed by atoms with Crippen LogP contribution in [0.15, 0.2) is 24.3 Å². The maximum absolute atomic E-state index is 11.8. The van der Waals surface area contributed by atoms with Crippen molar-refractivity contribution in [3.63, 3.8) is 0 Å². The first-order valence-corrected chi connectivity index (χ1v) is 5.61. The molecule has 0 unspecified atom stereocenters. The summed E-state index contributed by atoms with van der Waals surface area (Å²) in [5, 5.41) is 11.1. The number of rotatable bonds is 2. The fourth-order valence-corrected chi connectivity index (χ4v) is 1.83. The Morgan fingerprint density at radius 2 is 1.75 bits per heavy atom. The Balaban J connectivity index is 1.94. The van der Waals surface area contributed by atoms with E-state index >= 15 is 0 Å². The first-order valence-electron chi connectivity index (χ1n) is 5.61. The molecule has 2 rings (SSSR count). The number of phenolic OH excluding ortho intramolecular Hbond substituents is 1. The van der Waals surface area contributed by atoms with Crippen molar-refractivity contribution in [3.05, 3.63) is 29.8 Å². The van der Waals surface area contributed by atoms with Crippen molar-refractivity contribution >= 4 is 5.91 Å². The van der Waals surface area contributed by atoms with Crippen LogP contribution in [0.2, 0.25) is 0 Å². The molecule has 4 heteroatoms. The van der Waals surface area contributed by atoms with Gasteiger partial charge in [-0.3, -0.25) is 10.2 Å². The molecule has 0 atom stereocenters. The van der Waals surface area contributed by atoms with Gasteiger partial charge in [-0.25, -0.2) is 5.01 Å². The summed E-state index contributed by atoms with van der Waals surface area (Å²) in [7, 11) is 0. The molecular formula is C12H16N2O2. The van der Waals surface area contributed by atoms with Crippen molar-refractivity contribution in [1.29, 1.82) is 0 Å². The number of benzene rings is 1. The molecule has 0 aromatic heterocycles. The summed E-state index contributed by atoms with van der Waals surface area (Å²) in [5.74, 6) is 0.0661. The van der Waals surface area contributed by atoms with Gasteiger partial charge >= 0.3 is 0 Å².